The van der Waals surface area contributed by atoms with Gasteiger partial charge in [-0.3, -0.25) is 10.1 Å². The molecular weight excluding hydrogens is 265 g/mol. The van der Waals surface area contributed by atoms with Crippen molar-refractivity contribution in [2.75, 3.05) is 0 Å². The highest BCUT2D eigenvalue weighted by Gasteiger charge is 2.30. The number of rotatable bonds is 4. The Morgan fingerprint density at radius 2 is 2.10 bits per heavy atom. The van der Waals surface area contributed by atoms with E-state index in [2.05, 4.69) is 0 Å². The highest BCUT2D eigenvalue weighted by molar-refractivity contribution is 5.40. The molecule has 20 heavy (non-hydrogen) atoms. The molecule has 3 atom stereocenters. The van der Waals surface area contributed by atoms with E-state index in [4.69, 9.17) is 0 Å². The van der Waals surface area contributed by atoms with Crippen molar-refractivity contribution in [3.05, 3.63) is 39.7 Å². The molecule has 0 heterocycles. The van der Waals surface area contributed by atoms with E-state index in [0.717, 1.165) is 25.0 Å². The maximum Gasteiger partial charge on any atom is 0.272 e. The molecule has 1 aromatic carbocycles. The number of nitrogens with zero attached hydrogens (tertiary/aromatic N) is 1. The standard InChI is InChI=1S/C14H18FNO4/c15-11-6-7-12(16(19)20)10(8-11)5-4-9-2-1-3-13(17)14(9)18/h6-9,13-14,17-18H,1-5H2/t9-,13+,14-/m0/s1. The van der Waals surface area contributed by atoms with Crippen LogP contribution in [0.15, 0.2) is 18.2 Å². The first-order valence-corrected chi connectivity index (χ1v) is 6.78. The number of aliphatic hydroxyl groups is 2. The minimum absolute atomic E-state index is 0.0957. The van der Waals surface area contributed by atoms with E-state index in [0.29, 0.717) is 24.8 Å². The average molecular weight is 283 g/mol. The largest absolute Gasteiger partial charge is 0.390 e. The van der Waals surface area contributed by atoms with Crippen LogP contribution in [0.2, 0.25) is 0 Å². The molecule has 2 N–H and O–H groups in total. The third-order valence-electron chi connectivity index (χ3n) is 3.97. The fraction of sp³-hybridized carbons (Fsp3) is 0.571. The molecule has 0 spiro atoms. The molecule has 0 bridgehead atoms. The van der Waals surface area contributed by atoms with Crippen molar-refractivity contribution in [1.82, 2.24) is 0 Å². The molecule has 0 aromatic heterocycles. The van der Waals surface area contributed by atoms with E-state index in [-0.39, 0.29) is 11.6 Å². The molecule has 5 nitrogen and oxygen atoms in total. The van der Waals surface area contributed by atoms with Gasteiger partial charge >= 0.3 is 0 Å². The summed E-state index contributed by atoms with van der Waals surface area (Å²) in [5.41, 5.74) is 0.236. The number of nitro groups is 1. The van der Waals surface area contributed by atoms with Crippen LogP contribution in [0.1, 0.15) is 31.2 Å². The third kappa shape index (κ3) is 3.32. The molecule has 1 fully saturated rings. The number of aliphatic hydroxyl groups excluding tert-OH is 2. The third-order valence-corrected chi connectivity index (χ3v) is 3.97. The van der Waals surface area contributed by atoms with Crippen LogP contribution < -0.4 is 0 Å². The van der Waals surface area contributed by atoms with Crippen LogP contribution in [0, 0.1) is 21.8 Å². The van der Waals surface area contributed by atoms with Crippen LogP contribution in [0.4, 0.5) is 10.1 Å². The van der Waals surface area contributed by atoms with Gasteiger partial charge in [0, 0.05) is 11.6 Å². The molecule has 2 rings (SSSR count). The van der Waals surface area contributed by atoms with Crippen molar-refractivity contribution in [2.45, 2.75) is 44.3 Å². The first-order valence-electron chi connectivity index (χ1n) is 6.78. The van der Waals surface area contributed by atoms with Gasteiger partial charge in [0.1, 0.15) is 5.82 Å². The summed E-state index contributed by atoms with van der Waals surface area (Å²) < 4.78 is 13.2. The molecule has 0 saturated heterocycles. The van der Waals surface area contributed by atoms with Gasteiger partial charge in [0.15, 0.2) is 0 Å². The Bertz CT molecular complexity index is 494. The topological polar surface area (TPSA) is 83.6 Å². The second-order valence-corrected chi connectivity index (χ2v) is 5.32. The molecule has 1 aliphatic rings. The summed E-state index contributed by atoms with van der Waals surface area (Å²) >= 11 is 0. The minimum Gasteiger partial charge on any atom is -0.390 e. The van der Waals surface area contributed by atoms with Crippen LogP contribution in [-0.2, 0) is 6.42 Å². The van der Waals surface area contributed by atoms with Crippen LogP contribution in [0.25, 0.3) is 0 Å². The summed E-state index contributed by atoms with van der Waals surface area (Å²) in [6.45, 7) is 0. The van der Waals surface area contributed by atoms with Crippen molar-refractivity contribution in [3.63, 3.8) is 0 Å². The Labute approximate surface area is 116 Å². The van der Waals surface area contributed by atoms with E-state index < -0.39 is 22.9 Å². The summed E-state index contributed by atoms with van der Waals surface area (Å²) in [7, 11) is 0. The summed E-state index contributed by atoms with van der Waals surface area (Å²) in [6, 6.07) is 3.40. The lowest BCUT2D eigenvalue weighted by Gasteiger charge is -2.31. The van der Waals surface area contributed by atoms with Gasteiger partial charge in [0.2, 0.25) is 0 Å². The lowest BCUT2D eigenvalue weighted by Crippen LogP contribution is -2.37. The predicted octanol–water partition coefficient (Wildman–Crippen LogP) is 2.19. The number of aryl methyl sites for hydroxylation is 1. The molecule has 0 unspecified atom stereocenters. The minimum atomic E-state index is -0.795. The fourth-order valence-corrected chi connectivity index (χ4v) is 2.83. The van der Waals surface area contributed by atoms with Crippen molar-refractivity contribution in [3.8, 4) is 0 Å². The number of hydrogen-bond donors (Lipinski definition) is 2. The molecule has 110 valence electrons. The van der Waals surface area contributed by atoms with Crippen molar-refractivity contribution >= 4 is 5.69 Å². The molecule has 1 aromatic rings. The normalized spacial score (nSPS) is 26.4. The lowest BCUT2D eigenvalue weighted by atomic mass is 9.81. The Hall–Kier alpha value is -1.53. The number of benzene rings is 1. The van der Waals surface area contributed by atoms with Gasteiger partial charge in [-0.2, -0.15) is 0 Å². The van der Waals surface area contributed by atoms with Gasteiger partial charge in [0.25, 0.3) is 5.69 Å². The highest BCUT2D eigenvalue weighted by atomic mass is 19.1. The quantitative estimate of drug-likeness (QED) is 0.655. The van der Waals surface area contributed by atoms with Crippen molar-refractivity contribution in [2.24, 2.45) is 5.92 Å². The predicted molar refractivity (Wildman–Crippen MR) is 70.7 cm³/mol. The number of nitro benzene ring substituents is 1. The lowest BCUT2D eigenvalue weighted by molar-refractivity contribution is -0.385. The zero-order chi connectivity index (χ0) is 14.7. The Morgan fingerprint density at radius 1 is 1.35 bits per heavy atom. The van der Waals surface area contributed by atoms with Gasteiger partial charge in [-0.1, -0.05) is 6.42 Å². The van der Waals surface area contributed by atoms with Crippen LogP contribution in [-0.4, -0.2) is 27.3 Å². The Kier molecular flexibility index (Phi) is 4.67. The fourth-order valence-electron chi connectivity index (χ4n) is 2.83. The second-order valence-electron chi connectivity index (χ2n) is 5.32. The highest BCUT2D eigenvalue weighted by Crippen LogP contribution is 2.30. The average Bonchev–Trinajstić information content (AvgIpc) is 2.40. The van der Waals surface area contributed by atoms with Crippen molar-refractivity contribution in [1.29, 1.82) is 0 Å². The van der Waals surface area contributed by atoms with Gasteiger partial charge < -0.3 is 10.2 Å². The van der Waals surface area contributed by atoms with Crippen molar-refractivity contribution < 1.29 is 19.5 Å². The Balaban J connectivity index is 2.06. The van der Waals surface area contributed by atoms with E-state index >= 15 is 0 Å². The first kappa shape index (κ1) is 14.9. The van der Waals surface area contributed by atoms with Crippen LogP contribution in [0.5, 0.6) is 0 Å². The Morgan fingerprint density at radius 3 is 2.80 bits per heavy atom. The molecular formula is C14H18FNO4. The van der Waals surface area contributed by atoms with E-state index in [1.165, 1.54) is 6.07 Å². The molecule has 0 amide bonds. The van der Waals surface area contributed by atoms with Crippen LogP contribution >= 0.6 is 0 Å². The van der Waals surface area contributed by atoms with E-state index in [9.17, 15) is 24.7 Å². The summed E-state index contributed by atoms with van der Waals surface area (Å²) in [5.74, 6) is -0.601. The van der Waals surface area contributed by atoms with E-state index in [1.54, 1.807) is 0 Å². The van der Waals surface area contributed by atoms with Gasteiger partial charge in [-0.25, -0.2) is 4.39 Å². The maximum atomic E-state index is 13.2. The monoisotopic (exact) mass is 283 g/mol. The molecule has 0 radical (unpaired) electrons. The molecule has 6 heteroatoms. The molecule has 1 saturated carbocycles. The van der Waals surface area contributed by atoms with Crippen LogP contribution in [0.3, 0.4) is 0 Å². The molecule has 1 aliphatic carbocycles. The zero-order valence-corrected chi connectivity index (χ0v) is 11.0. The van der Waals surface area contributed by atoms with Gasteiger partial charge in [-0.05, 0) is 43.7 Å². The maximum absolute atomic E-state index is 13.2. The number of halogens is 1. The summed E-state index contributed by atoms with van der Waals surface area (Å²) in [6.07, 6.45) is 1.49. The number of hydrogen-bond acceptors (Lipinski definition) is 4. The van der Waals surface area contributed by atoms with Gasteiger partial charge in [-0.15, -0.1) is 0 Å². The first-order chi connectivity index (χ1) is 9.49. The SMILES string of the molecule is O=[N+]([O-])c1ccc(F)cc1CC[C@@H]1CCC[C@@H](O)[C@H]1O. The molecule has 0 aliphatic heterocycles. The van der Waals surface area contributed by atoms with E-state index in [1.807, 2.05) is 0 Å². The smallest absolute Gasteiger partial charge is 0.272 e. The zero-order valence-electron chi connectivity index (χ0n) is 11.0. The second kappa shape index (κ2) is 6.28. The summed E-state index contributed by atoms with van der Waals surface area (Å²) in [4.78, 5) is 10.4. The summed E-state index contributed by atoms with van der Waals surface area (Å²) in [5, 5.41) is 30.4. The van der Waals surface area contributed by atoms with Gasteiger partial charge in [0.05, 0.1) is 17.1 Å².